The van der Waals surface area contributed by atoms with Crippen molar-refractivity contribution in [3.05, 3.63) is 41.5 Å². The quantitative estimate of drug-likeness (QED) is 0.667. The highest BCUT2D eigenvalue weighted by Crippen LogP contribution is 2.59. The molecule has 88 valence electrons. The highest BCUT2D eigenvalue weighted by molar-refractivity contribution is 6.03. The lowest BCUT2D eigenvalue weighted by Crippen LogP contribution is -2.53. The van der Waals surface area contributed by atoms with Gasteiger partial charge in [0.25, 0.3) is 0 Å². The third kappa shape index (κ3) is 1.56. The Hall–Kier alpha value is -1.37. The van der Waals surface area contributed by atoms with Crippen LogP contribution in [0.1, 0.15) is 32.3 Å². The average molecular weight is 226 g/mol. The van der Waals surface area contributed by atoms with Gasteiger partial charge >= 0.3 is 0 Å². The summed E-state index contributed by atoms with van der Waals surface area (Å²) >= 11 is 0. The van der Waals surface area contributed by atoms with E-state index in [0.29, 0.717) is 11.7 Å². The lowest BCUT2D eigenvalue weighted by atomic mass is 9.47. The van der Waals surface area contributed by atoms with Gasteiger partial charge in [-0.15, -0.1) is 0 Å². The Bertz CT molecular complexity index is 482. The first-order valence-electron chi connectivity index (χ1n) is 6.39. The van der Waals surface area contributed by atoms with Crippen LogP contribution in [0, 0.1) is 17.3 Å². The number of hydrogen-bond donors (Lipinski definition) is 0. The van der Waals surface area contributed by atoms with Crippen LogP contribution in [0.25, 0.3) is 6.08 Å². The number of allylic oxidation sites excluding steroid dienone is 1. The Balaban J connectivity index is 1.89. The second kappa shape index (κ2) is 3.56. The molecule has 0 aromatic heterocycles. The molecule has 0 unspecified atom stereocenters. The van der Waals surface area contributed by atoms with Crippen molar-refractivity contribution >= 4 is 11.9 Å². The van der Waals surface area contributed by atoms with E-state index in [1.54, 1.807) is 0 Å². The van der Waals surface area contributed by atoms with Gasteiger partial charge in [-0.2, -0.15) is 0 Å². The number of benzene rings is 1. The number of carbonyl (C=O) groups is 1. The minimum absolute atomic E-state index is 0.241. The number of Topliss-reactive ketones (excluding diaryl/α,β-unsaturated/α-hetero) is 1. The molecule has 3 fully saturated rings. The zero-order chi connectivity index (χ0) is 12.0. The molecular weight excluding hydrogens is 208 g/mol. The molecule has 4 rings (SSSR count). The number of ketones is 1. The second-order valence-electron chi connectivity index (χ2n) is 5.96. The van der Waals surface area contributed by atoms with Gasteiger partial charge in [0.05, 0.1) is 0 Å². The fraction of sp³-hybridized carbons (Fsp3) is 0.438. The molecule has 3 saturated carbocycles. The van der Waals surface area contributed by atoms with Gasteiger partial charge in [-0.1, -0.05) is 44.2 Å². The van der Waals surface area contributed by atoms with Gasteiger partial charge in [0.2, 0.25) is 0 Å². The SMILES string of the molecule is CC1(C)[C@H]2C/C(=C/c3ccccc3)C(=O)[C@H]1C2. The van der Waals surface area contributed by atoms with Crippen LogP contribution in [0.15, 0.2) is 35.9 Å². The number of rotatable bonds is 1. The van der Waals surface area contributed by atoms with Crippen LogP contribution in [0.2, 0.25) is 0 Å². The summed E-state index contributed by atoms with van der Waals surface area (Å²) in [6.45, 7) is 4.48. The van der Waals surface area contributed by atoms with Gasteiger partial charge in [-0.05, 0) is 41.4 Å². The summed E-state index contributed by atoms with van der Waals surface area (Å²) in [4.78, 5) is 12.3. The molecule has 1 aromatic carbocycles. The zero-order valence-corrected chi connectivity index (χ0v) is 10.4. The predicted molar refractivity (Wildman–Crippen MR) is 69.4 cm³/mol. The molecule has 0 radical (unpaired) electrons. The van der Waals surface area contributed by atoms with Gasteiger partial charge in [-0.25, -0.2) is 0 Å². The molecule has 0 heterocycles. The lowest BCUT2D eigenvalue weighted by Gasteiger charge is -2.56. The molecule has 1 nitrogen and oxygen atoms in total. The molecule has 1 heteroatoms. The van der Waals surface area contributed by atoms with E-state index in [1.165, 1.54) is 0 Å². The van der Waals surface area contributed by atoms with Gasteiger partial charge in [0.15, 0.2) is 5.78 Å². The van der Waals surface area contributed by atoms with Crippen molar-refractivity contribution in [1.29, 1.82) is 0 Å². The van der Waals surface area contributed by atoms with Crippen LogP contribution in [0.5, 0.6) is 0 Å². The molecule has 17 heavy (non-hydrogen) atoms. The van der Waals surface area contributed by atoms with E-state index in [0.717, 1.165) is 24.0 Å². The summed E-state index contributed by atoms with van der Waals surface area (Å²) in [6.07, 6.45) is 4.16. The summed E-state index contributed by atoms with van der Waals surface area (Å²) < 4.78 is 0. The molecule has 0 aliphatic heterocycles. The van der Waals surface area contributed by atoms with E-state index in [-0.39, 0.29) is 11.3 Å². The summed E-state index contributed by atoms with van der Waals surface area (Å²) in [5.74, 6) is 1.37. The molecule has 2 atom stereocenters. The van der Waals surface area contributed by atoms with Crippen LogP contribution in [0.4, 0.5) is 0 Å². The smallest absolute Gasteiger partial charge is 0.162 e. The van der Waals surface area contributed by atoms with E-state index >= 15 is 0 Å². The Labute approximate surface area is 103 Å². The van der Waals surface area contributed by atoms with Gasteiger partial charge < -0.3 is 0 Å². The maximum absolute atomic E-state index is 12.3. The predicted octanol–water partition coefficient (Wildman–Crippen LogP) is 3.71. The normalized spacial score (nSPS) is 32.4. The summed E-state index contributed by atoms with van der Waals surface area (Å²) in [5, 5.41) is 0. The number of fused-ring (bicyclic) bond motifs is 2. The molecule has 1 aromatic rings. The molecule has 0 spiro atoms. The zero-order valence-electron chi connectivity index (χ0n) is 10.4. The minimum atomic E-state index is 0.241. The monoisotopic (exact) mass is 226 g/mol. The molecule has 0 amide bonds. The lowest BCUT2D eigenvalue weighted by molar-refractivity contribution is -0.140. The van der Waals surface area contributed by atoms with Gasteiger partial charge in [0.1, 0.15) is 0 Å². The molecule has 0 N–H and O–H groups in total. The van der Waals surface area contributed by atoms with Crippen LogP contribution in [-0.2, 0) is 4.79 Å². The fourth-order valence-electron chi connectivity index (χ4n) is 3.28. The van der Waals surface area contributed by atoms with Crippen LogP contribution < -0.4 is 0 Å². The van der Waals surface area contributed by atoms with Gasteiger partial charge in [-0.3, -0.25) is 4.79 Å². The van der Waals surface area contributed by atoms with Crippen molar-refractivity contribution < 1.29 is 4.79 Å². The number of hydrogen-bond acceptors (Lipinski definition) is 1. The molecule has 3 aliphatic rings. The first kappa shape index (κ1) is 10.8. The Morgan fingerprint density at radius 3 is 2.53 bits per heavy atom. The fourth-order valence-corrected chi connectivity index (χ4v) is 3.28. The van der Waals surface area contributed by atoms with Crippen molar-refractivity contribution in [3.8, 4) is 0 Å². The molecule has 2 bridgehead atoms. The van der Waals surface area contributed by atoms with Crippen LogP contribution in [0.3, 0.4) is 0 Å². The topological polar surface area (TPSA) is 17.1 Å². The molecule has 3 aliphatic carbocycles. The van der Waals surface area contributed by atoms with Crippen molar-refractivity contribution in [2.24, 2.45) is 17.3 Å². The summed E-state index contributed by atoms with van der Waals surface area (Å²) in [6, 6.07) is 10.2. The van der Waals surface area contributed by atoms with E-state index in [2.05, 4.69) is 32.1 Å². The maximum atomic E-state index is 12.3. The minimum Gasteiger partial charge on any atom is -0.294 e. The van der Waals surface area contributed by atoms with Crippen molar-refractivity contribution in [3.63, 3.8) is 0 Å². The third-order valence-corrected chi connectivity index (χ3v) is 4.71. The third-order valence-electron chi connectivity index (χ3n) is 4.71. The Morgan fingerprint density at radius 2 is 1.94 bits per heavy atom. The maximum Gasteiger partial charge on any atom is 0.162 e. The van der Waals surface area contributed by atoms with Crippen molar-refractivity contribution in [1.82, 2.24) is 0 Å². The van der Waals surface area contributed by atoms with E-state index in [4.69, 9.17) is 0 Å². The van der Waals surface area contributed by atoms with Crippen LogP contribution in [-0.4, -0.2) is 5.78 Å². The molecular formula is C16H18O. The first-order valence-corrected chi connectivity index (χ1v) is 6.39. The Kier molecular flexibility index (Phi) is 2.25. The number of carbonyl (C=O) groups excluding carboxylic acids is 1. The standard InChI is InChI=1S/C16H18O/c1-16(2)13-9-12(15(17)14(16)10-13)8-11-6-4-3-5-7-11/h3-8,13-14H,9-10H2,1-2H3/b12-8-/t13-,14+/m0/s1. The van der Waals surface area contributed by atoms with Gasteiger partial charge in [0, 0.05) is 5.92 Å². The van der Waals surface area contributed by atoms with E-state index < -0.39 is 0 Å². The van der Waals surface area contributed by atoms with Crippen molar-refractivity contribution in [2.45, 2.75) is 26.7 Å². The average Bonchev–Trinajstić information content (AvgIpc) is 2.32. The van der Waals surface area contributed by atoms with E-state index in [9.17, 15) is 4.79 Å². The molecule has 0 saturated heterocycles. The summed E-state index contributed by atoms with van der Waals surface area (Å²) in [5.41, 5.74) is 2.43. The second-order valence-corrected chi connectivity index (χ2v) is 5.96. The largest absolute Gasteiger partial charge is 0.294 e. The van der Waals surface area contributed by atoms with Crippen LogP contribution >= 0.6 is 0 Å². The first-order chi connectivity index (χ1) is 8.09. The Morgan fingerprint density at radius 1 is 1.24 bits per heavy atom. The highest BCUT2D eigenvalue weighted by atomic mass is 16.1. The van der Waals surface area contributed by atoms with Crippen molar-refractivity contribution in [2.75, 3.05) is 0 Å². The highest BCUT2D eigenvalue weighted by Gasteiger charge is 2.55. The summed E-state index contributed by atoms with van der Waals surface area (Å²) in [7, 11) is 0. The van der Waals surface area contributed by atoms with E-state index in [1.807, 2.05) is 18.2 Å².